The van der Waals surface area contributed by atoms with E-state index in [-0.39, 0.29) is 0 Å². The zero-order valence-corrected chi connectivity index (χ0v) is 15.8. The number of alkyl halides is 3. The van der Waals surface area contributed by atoms with E-state index in [1.807, 2.05) is 0 Å². The van der Waals surface area contributed by atoms with Gasteiger partial charge in [0, 0.05) is 12.1 Å². The molecule has 23 heavy (non-hydrogen) atoms. The molecule has 0 saturated heterocycles. The highest BCUT2D eigenvalue weighted by molar-refractivity contribution is 6.77. The molecule has 0 aromatic rings. The Morgan fingerprint density at radius 1 is 1.09 bits per heavy atom. The second-order valence-electron chi connectivity index (χ2n) is 7.09. The zero-order valence-electron chi connectivity index (χ0n) is 14.8. The van der Waals surface area contributed by atoms with Crippen molar-refractivity contribution < 1.29 is 27.5 Å². The van der Waals surface area contributed by atoms with Gasteiger partial charge in [-0.15, -0.1) is 0 Å². The molecule has 1 fully saturated rings. The number of hydrogen-bond donors (Lipinski definition) is 2. The minimum atomic E-state index is -5.08. The van der Waals surface area contributed by atoms with Gasteiger partial charge >= 0.3 is 12.1 Å². The second-order valence-corrected chi connectivity index (χ2v) is 12.5. The highest BCUT2D eigenvalue weighted by atomic mass is 28.4. The molecular weight excluding hydrogens is 327 g/mol. The van der Waals surface area contributed by atoms with E-state index in [4.69, 9.17) is 20.1 Å². The van der Waals surface area contributed by atoms with Crippen LogP contribution in [0.3, 0.4) is 0 Å². The van der Waals surface area contributed by atoms with Gasteiger partial charge in [-0.2, -0.15) is 13.2 Å². The molecule has 0 aliphatic heterocycles. The van der Waals surface area contributed by atoms with Crippen LogP contribution in [0.1, 0.15) is 54.4 Å². The SMILES string of the molecule is CC(C)[Si](O[C@H]1C[C@H](N)C1)(C(C)C)C(C)C.O=C(O)C(F)(F)F. The molecule has 3 N–H and O–H groups in total. The standard InChI is InChI=1S/C13H29NOSi.C2HF3O2/c1-9(2)16(10(3)4,11(5)6)15-13-7-12(14)8-13;3-2(4,5)1(6)7/h9-13H,7-8,14H2,1-6H3;(H,6,7)/t12-,13-;. The second kappa shape index (κ2) is 8.48. The van der Waals surface area contributed by atoms with Crippen LogP contribution in [0.4, 0.5) is 13.2 Å². The first-order valence-corrected chi connectivity index (χ1v) is 10.1. The number of rotatable bonds is 5. The Hall–Kier alpha value is -0.603. The van der Waals surface area contributed by atoms with Crippen molar-refractivity contribution in [1.82, 2.24) is 0 Å². The number of carboxylic acids is 1. The van der Waals surface area contributed by atoms with Crippen molar-refractivity contribution in [3.8, 4) is 0 Å². The molecule has 0 amide bonds. The lowest BCUT2D eigenvalue weighted by Gasteiger charge is -2.48. The smallest absolute Gasteiger partial charge is 0.475 e. The van der Waals surface area contributed by atoms with Crippen molar-refractivity contribution in [3.63, 3.8) is 0 Å². The number of nitrogens with two attached hydrogens (primary N) is 1. The van der Waals surface area contributed by atoms with Crippen molar-refractivity contribution >= 4 is 14.3 Å². The number of carboxylic acid groups (broad SMARTS) is 1. The highest BCUT2D eigenvalue weighted by Gasteiger charge is 2.48. The van der Waals surface area contributed by atoms with Gasteiger partial charge in [-0.1, -0.05) is 41.5 Å². The fourth-order valence-corrected chi connectivity index (χ4v) is 8.99. The summed E-state index contributed by atoms with van der Waals surface area (Å²) in [5.41, 5.74) is 7.91. The topological polar surface area (TPSA) is 72.5 Å². The van der Waals surface area contributed by atoms with E-state index in [2.05, 4.69) is 41.5 Å². The Bertz CT molecular complexity index is 359. The molecule has 0 bridgehead atoms. The van der Waals surface area contributed by atoms with Gasteiger partial charge in [0.25, 0.3) is 0 Å². The van der Waals surface area contributed by atoms with Gasteiger partial charge in [0.05, 0.1) is 0 Å². The van der Waals surface area contributed by atoms with Crippen LogP contribution in [0.25, 0.3) is 0 Å². The van der Waals surface area contributed by atoms with E-state index in [0.717, 1.165) is 12.8 Å². The first-order chi connectivity index (χ1) is 10.2. The Labute approximate surface area is 137 Å². The van der Waals surface area contributed by atoms with Crippen LogP contribution < -0.4 is 5.73 Å². The van der Waals surface area contributed by atoms with Gasteiger partial charge in [-0.25, -0.2) is 4.79 Å². The number of hydrogen-bond acceptors (Lipinski definition) is 3. The summed E-state index contributed by atoms with van der Waals surface area (Å²) in [6.07, 6.45) is -2.49. The third-order valence-electron chi connectivity index (χ3n) is 4.45. The number of halogens is 3. The molecule has 0 radical (unpaired) electrons. The Balaban J connectivity index is 0.000000585. The van der Waals surface area contributed by atoms with Gasteiger partial charge in [0.2, 0.25) is 8.32 Å². The summed E-state index contributed by atoms with van der Waals surface area (Å²) in [4.78, 5) is 8.90. The molecule has 1 rings (SSSR count). The third kappa shape index (κ3) is 6.08. The maximum absolute atomic E-state index is 10.6. The molecular formula is C15H30F3NO3Si. The first kappa shape index (κ1) is 22.4. The van der Waals surface area contributed by atoms with Crippen LogP contribution >= 0.6 is 0 Å². The molecule has 0 spiro atoms. The maximum atomic E-state index is 10.6. The highest BCUT2D eigenvalue weighted by Crippen LogP contribution is 2.44. The molecule has 0 atom stereocenters. The quantitative estimate of drug-likeness (QED) is 0.720. The summed E-state index contributed by atoms with van der Waals surface area (Å²) in [6.45, 7) is 14.0. The molecule has 0 heterocycles. The summed E-state index contributed by atoms with van der Waals surface area (Å²) in [5.74, 6) is -2.76. The molecule has 0 aromatic heterocycles. The van der Waals surface area contributed by atoms with E-state index in [1.54, 1.807) is 0 Å². The Morgan fingerprint density at radius 2 is 1.39 bits per heavy atom. The number of aliphatic carboxylic acids is 1. The van der Waals surface area contributed by atoms with E-state index in [9.17, 15) is 13.2 Å². The average Bonchev–Trinajstić information content (AvgIpc) is 2.31. The lowest BCUT2D eigenvalue weighted by Crippen LogP contribution is -2.54. The molecule has 1 aliphatic carbocycles. The summed E-state index contributed by atoms with van der Waals surface area (Å²) in [7, 11) is -1.65. The largest absolute Gasteiger partial charge is 0.490 e. The Kier molecular flexibility index (Phi) is 8.26. The van der Waals surface area contributed by atoms with Crippen LogP contribution in [0.2, 0.25) is 16.6 Å². The van der Waals surface area contributed by atoms with Crippen molar-refractivity contribution in [2.24, 2.45) is 5.73 Å². The van der Waals surface area contributed by atoms with Crippen LogP contribution in [0, 0.1) is 0 Å². The van der Waals surface area contributed by atoms with Gasteiger partial charge in [-0.05, 0) is 29.5 Å². The monoisotopic (exact) mass is 357 g/mol. The molecule has 0 unspecified atom stereocenters. The Morgan fingerprint density at radius 3 is 1.57 bits per heavy atom. The van der Waals surface area contributed by atoms with Crippen molar-refractivity contribution in [2.45, 2.75) is 89.3 Å². The first-order valence-electron chi connectivity index (χ1n) is 7.98. The van der Waals surface area contributed by atoms with E-state index in [1.165, 1.54) is 0 Å². The third-order valence-corrected chi connectivity index (χ3v) is 10.6. The van der Waals surface area contributed by atoms with Crippen molar-refractivity contribution in [3.05, 3.63) is 0 Å². The van der Waals surface area contributed by atoms with Gasteiger partial charge in [0.1, 0.15) is 0 Å². The van der Waals surface area contributed by atoms with Crippen molar-refractivity contribution in [1.29, 1.82) is 0 Å². The predicted octanol–water partition coefficient (Wildman–Crippen LogP) is 4.30. The molecule has 0 aromatic carbocycles. The van der Waals surface area contributed by atoms with Gasteiger partial charge < -0.3 is 15.3 Å². The average molecular weight is 357 g/mol. The molecule has 4 nitrogen and oxygen atoms in total. The molecule has 138 valence electrons. The van der Waals surface area contributed by atoms with Crippen molar-refractivity contribution in [2.75, 3.05) is 0 Å². The van der Waals surface area contributed by atoms with E-state index < -0.39 is 20.5 Å². The summed E-state index contributed by atoms with van der Waals surface area (Å²) in [5, 5.41) is 7.12. The summed E-state index contributed by atoms with van der Waals surface area (Å²) in [6, 6.07) is 0.392. The lowest BCUT2D eigenvalue weighted by atomic mass is 9.91. The summed E-state index contributed by atoms with van der Waals surface area (Å²) >= 11 is 0. The minimum absolute atomic E-state index is 0.392. The van der Waals surface area contributed by atoms with Gasteiger partial charge in [-0.3, -0.25) is 0 Å². The molecule has 1 saturated carbocycles. The minimum Gasteiger partial charge on any atom is -0.475 e. The maximum Gasteiger partial charge on any atom is 0.490 e. The van der Waals surface area contributed by atoms with Gasteiger partial charge in [0.15, 0.2) is 0 Å². The van der Waals surface area contributed by atoms with Crippen LogP contribution in [0.15, 0.2) is 0 Å². The fraction of sp³-hybridized carbons (Fsp3) is 0.933. The molecule has 1 aliphatic rings. The van der Waals surface area contributed by atoms with E-state index >= 15 is 0 Å². The van der Waals surface area contributed by atoms with Crippen LogP contribution in [0.5, 0.6) is 0 Å². The van der Waals surface area contributed by atoms with Crippen LogP contribution in [-0.4, -0.2) is 37.7 Å². The predicted molar refractivity (Wildman–Crippen MR) is 86.8 cm³/mol. The van der Waals surface area contributed by atoms with Crippen LogP contribution in [-0.2, 0) is 9.22 Å². The fourth-order valence-electron chi connectivity index (χ4n) is 3.40. The summed E-state index contributed by atoms with van der Waals surface area (Å²) < 4.78 is 38.3. The molecule has 8 heteroatoms. The van der Waals surface area contributed by atoms with E-state index in [0.29, 0.717) is 28.8 Å². The lowest BCUT2D eigenvalue weighted by molar-refractivity contribution is -0.192. The number of carbonyl (C=O) groups is 1. The normalized spacial score (nSPS) is 22.0. The zero-order chi connectivity index (χ0) is 18.6.